The molecule has 1 aliphatic heterocycles. The summed E-state index contributed by atoms with van der Waals surface area (Å²) in [5.41, 5.74) is 7.12. The van der Waals surface area contributed by atoms with Crippen molar-refractivity contribution in [3.63, 3.8) is 0 Å². The van der Waals surface area contributed by atoms with E-state index in [1.54, 1.807) is 0 Å². The molecule has 2 aromatic rings. The van der Waals surface area contributed by atoms with Gasteiger partial charge in [0, 0.05) is 18.1 Å². The van der Waals surface area contributed by atoms with E-state index in [-0.39, 0.29) is 0 Å². The summed E-state index contributed by atoms with van der Waals surface area (Å²) in [6.07, 6.45) is 2.09. The molecular weight excluding hydrogens is 254 g/mol. The average Bonchev–Trinajstić information content (AvgIpc) is 2.77. The third kappa shape index (κ3) is 1.80. The molecule has 2 bridgehead atoms. The first kappa shape index (κ1) is 12.8. The van der Waals surface area contributed by atoms with Crippen LogP contribution in [-0.2, 0) is 0 Å². The van der Waals surface area contributed by atoms with Crippen molar-refractivity contribution >= 4 is 6.21 Å². The Labute approximate surface area is 126 Å². The Hall–Kier alpha value is -1.89. The molecule has 4 rings (SSSR count). The standard InChI is InChI=1S/C20H21N/c1-12-8-9-17-18(10-12)19-13(2)20(17)16-7-5-4-6-15(16)11-21-14(19)3/h4-11,13-14,19-20H,1-3H3/b21-11-. The van der Waals surface area contributed by atoms with Gasteiger partial charge in [0.05, 0.1) is 6.04 Å². The second kappa shape index (κ2) is 4.56. The topological polar surface area (TPSA) is 12.4 Å². The van der Waals surface area contributed by atoms with E-state index in [1.165, 1.54) is 27.8 Å². The summed E-state index contributed by atoms with van der Waals surface area (Å²) in [4.78, 5) is 4.86. The van der Waals surface area contributed by atoms with Crippen molar-refractivity contribution in [2.24, 2.45) is 10.9 Å². The predicted molar refractivity (Wildman–Crippen MR) is 88.4 cm³/mol. The van der Waals surface area contributed by atoms with E-state index in [2.05, 4.69) is 69.5 Å². The second-order valence-corrected chi connectivity index (χ2v) is 6.64. The monoisotopic (exact) mass is 275 g/mol. The van der Waals surface area contributed by atoms with Crippen LogP contribution in [0.2, 0.25) is 0 Å². The van der Waals surface area contributed by atoms with Gasteiger partial charge < -0.3 is 0 Å². The molecule has 1 heterocycles. The zero-order valence-corrected chi connectivity index (χ0v) is 12.9. The summed E-state index contributed by atoms with van der Waals surface area (Å²) in [7, 11) is 0. The van der Waals surface area contributed by atoms with E-state index < -0.39 is 0 Å². The quantitative estimate of drug-likeness (QED) is 0.662. The van der Waals surface area contributed by atoms with E-state index >= 15 is 0 Å². The van der Waals surface area contributed by atoms with E-state index in [0.717, 1.165) is 0 Å². The maximum Gasteiger partial charge on any atom is 0.0543 e. The molecule has 0 amide bonds. The van der Waals surface area contributed by atoms with Crippen LogP contribution < -0.4 is 0 Å². The van der Waals surface area contributed by atoms with E-state index in [4.69, 9.17) is 4.99 Å². The van der Waals surface area contributed by atoms with Crippen LogP contribution in [0.5, 0.6) is 0 Å². The lowest BCUT2D eigenvalue weighted by Crippen LogP contribution is -2.21. The lowest BCUT2D eigenvalue weighted by atomic mass is 9.79. The molecule has 4 atom stereocenters. The molecule has 0 saturated heterocycles. The molecule has 1 heteroatoms. The third-order valence-electron chi connectivity index (χ3n) is 5.33. The number of fused-ring (bicyclic) bond motifs is 7. The predicted octanol–water partition coefficient (Wildman–Crippen LogP) is 4.68. The van der Waals surface area contributed by atoms with Gasteiger partial charge in [-0.25, -0.2) is 0 Å². The molecule has 21 heavy (non-hydrogen) atoms. The molecule has 106 valence electrons. The van der Waals surface area contributed by atoms with Gasteiger partial charge >= 0.3 is 0 Å². The highest BCUT2D eigenvalue weighted by Gasteiger charge is 2.42. The van der Waals surface area contributed by atoms with Gasteiger partial charge in [-0.3, -0.25) is 4.99 Å². The van der Waals surface area contributed by atoms with E-state index in [1.807, 2.05) is 0 Å². The summed E-state index contributed by atoms with van der Waals surface area (Å²) in [6.45, 7) is 6.86. The first-order valence-corrected chi connectivity index (χ1v) is 7.89. The molecular formula is C20H21N. The lowest BCUT2D eigenvalue weighted by Gasteiger charge is -2.27. The van der Waals surface area contributed by atoms with Crippen molar-refractivity contribution in [1.29, 1.82) is 0 Å². The molecule has 0 spiro atoms. The molecule has 1 aliphatic carbocycles. The smallest absolute Gasteiger partial charge is 0.0543 e. The molecule has 4 unspecified atom stereocenters. The maximum absolute atomic E-state index is 4.86. The zero-order chi connectivity index (χ0) is 14.6. The van der Waals surface area contributed by atoms with Gasteiger partial charge in [-0.15, -0.1) is 0 Å². The SMILES string of the molecule is Cc1ccc2c(c1)C1C(C)/N=C\c3ccccc3C2C1C. The number of aryl methyl sites for hydroxylation is 1. The van der Waals surface area contributed by atoms with Crippen LogP contribution in [0.4, 0.5) is 0 Å². The van der Waals surface area contributed by atoms with Crippen molar-refractivity contribution in [2.75, 3.05) is 0 Å². The summed E-state index contributed by atoms with van der Waals surface area (Å²) >= 11 is 0. The molecule has 1 nitrogen and oxygen atoms in total. The lowest BCUT2D eigenvalue weighted by molar-refractivity contribution is 0.409. The Balaban J connectivity index is 2.02. The van der Waals surface area contributed by atoms with Gasteiger partial charge in [0.15, 0.2) is 0 Å². The summed E-state index contributed by atoms with van der Waals surface area (Å²) < 4.78 is 0. The Kier molecular flexibility index (Phi) is 2.78. The van der Waals surface area contributed by atoms with Gasteiger partial charge in [-0.05, 0) is 42.0 Å². The Morgan fingerprint density at radius 1 is 0.905 bits per heavy atom. The van der Waals surface area contributed by atoms with Crippen LogP contribution >= 0.6 is 0 Å². The summed E-state index contributed by atoms with van der Waals surface area (Å²) in [6, 6.07) is 16.1. The minimum absolute atomic E-state index is 0.346. The van der Waals surface area contributed by atoms with Crippen LogP contribution in [0, 0.1) is 12.8 Å². The zero-order valence-electron chi connectivity index (χ0n) is 12.9. The van der Waals surface area contributed by atoms with Gasteiger partial charge in [-0.1, -0.05) is 55.0 Å². The number of hydrogen-bond donors (Lipinski definition) is 0. The second-order valence-electron chi connectivity index (χ2n) is 6.64. The molecule has 0 fully saturated rings. The fourth-order valence-electron chi connectivity index (χ4n) is 4.39. The van der Waals surface area contributed by atoms with E-state index in [0.29, 0.717) is 23.8 Å². The Bertz CT molecular complexity index is 728. The number of benzene rings is 2. The highest BCUT2D eigenvalue weighted by molar-refractivity contribution is 5.83. The third-order valence-corrected chi connectivity index (χ3v) is 5.33. The van der Waals surface area contributed by atoms with Crippen LogP contribution in [0.1, 0.15) is 53.5 Å². The number of nitrogens with zero attached hydrogens (tertiary/aromatic N) is 1. The van der Waals surface area contributed by atoms with Crippen LogP contribution in [0.15, 0.2) is 47.5 Å². The number of rotatable bonds is 0. The van der Waals surface area contributed by atoms with Gasteiger partial charge in [0.1, 0.15) is 0 Å². The normalized spacial score (nSPS) is 31.0. The molecule has 0 radical (unpaired) electrons. The highest BCUT2D eigenvalue weighted by Crippen LogP contribution is 2.52. The Morgan fingerprint density at radius 3 is 2.57 bits per heavy atom. The first-order chi connectivity index (χ1) is 10.2. The van der Waals surface area contributed by atoms with Crippen LogP contribution in [0.3, 0.4) is 0 Å². The minimum atomic E-state index is 0.346. The number of hydrogen-bond acceptors (Lipinski definition) is 1. The number of aliphatic imine (C=N–C) groups is 1. The molecule has 0 saturated carbocycles. The molecule has 2 aromatic carbocycles. The summed E-state index contributed by atoms with van der Waals surface area (Å²) in [5, 5.41) is 0. The van der Waals surface area contributed by atoms with Gasteiger partial charge in [0.2, 0.25) is 0 Å². The van der Waals surface area contributed by atoms with Crippen molar-refractivity contribution < 1.29 is 0 Å². The van der Waals surface area contributed by atoms with Crippen LogP contribution in [0.25, 0.3) is 0 Å². The van der Waals surface area contributed by atoms with Crippen molar-refractivity contribution in [3.8, 4) is 0 Å². The Morgan fingerprint density at radius 2 is 1.71 bits per heavy atom. The molecule has 0 aromatic heterocycles. The van der Waals surface area contributed by atoms with Gasteiger partial charge in [-0.2, -0.15) is 0 Å². The fraction of sp³-hybridized carbons (Fsp3) is 0.350. The maximum atomic E-state index is 4.86. The summed E-state index contributed by atoms with van der Waals surface area (Å²) in [5.74, 6) is 1.65. The van der Waals surface area contributed by atoms with Crippen molar-refractivity contribution in [1.82, 2.24) is 0 Å². The minimum Gasteiger partial charge on any atom is -0.289 e. The van der Waals surface area contributed by atoms with Crippen molar-refractivity contribution in [3.05, 3.63) is 70.3 Å². The largest absolute Gasteiger partial charge is 0.289 e. The highest BCUT2D eigenvalue weighted by atomic mass is 14.8. The average molecular weight is 275 g/mol. The van der Waals surface area contributed by atoms with Gasteiger partial charge in [0.25, 0.3) is 0 Å². The molecule has 2 aliphatic rings. The fourth-order valence-corrected chi connectivity index (χ4v) is 4.39. The van der Waals surface area contributed by atoms with Crippen LogP contribution in [-0.4, -0.2) is 12.3 Å². The molecule has 0 N–H and O–H groups in total. The van der Waals surface area contributed by atoms with Crippen molar-refractivity contribution in [2.45, 2.75) is 38.6 Å². The first-order valence-electron chi connectivity index (χ1n) is 7.89. The van der Waals surface area contributed by atoms with E-state index in [9.17, 15) is 0 Å².